The molecule has 0 atom stereocenters. The van der Waals surface area contributed by atoms with Crippen LogP contribution < -0.4 is 15.8 Å². The molecule has 0 bridgehead atoms. The first-order valence-electron chi connectivity index (χ1n) is 12.3. The SMILES string of the molecule is CCN(c1cc(Cl)cc(C(=O)NCc2c(C)cc3[nH]ncn3c2=O)c1C)C1CCC(N(C)C)CC1. The lowest BCUT2D eigenvalue weighted by molar-refractivity contribution is 0.0950. The van der Waals surface area contributed by atoms with Crippen LogP contribution in [0, 0.1) is 13.8 Å². The number of benzene rings is 1. The number of rotatable bonds is 7. The third-order valence-electron chi connectivity index (χ3n) is 7.42. The van der Waals surface area contributed by atoms with Gasteiger partial charge in [0.2, 0.25) is 0 Å². The number of halogens is 1. The number of anilines is 1. The second-order valence-electron chi connectivity index (χ2n) is 9.71. The fraction of sp³-hybridized carbons (Fsp3) is 0.500. The quantitative estimate of drug-likeness (QED) is 0.515. The zero-order valence-corrected chi connectivity index (χ0v) is 21.9. The molecule has 0 spiro atoms. The monoisotopic (exact) mass is 498 g/mol. The van der Waals surface area contributed by atoms with Crippen LogP contribution in [0.25, 0.3) is 5.65 Å². The topological polar surface area (TPSA) is 85.7 Å². The predicted octanol–water partition coefficient (Wildman–Crippen LogP) is 3.92. The fourth-order valence-corrected chi connectivity index (χ4v) is 5.54. The molecule has 2 heterocycles. The molecule has 1 saturated carbocycles. The summed E-state index contributed by atoms with van der Waals surface area (Å²) >= 11 is 6.51. The van der Waals surface area contributed by atoms with E-state index in [9.17, 15) is 9.59 Å². The summed E-state index contributed by atoms with van der Waals surface area (Å²) in [7, 11) is 4.30. The van der Waals surface area contributed by atoms with Crippen molar-refractivity contribution in [3.63, 3.8) is 0 Å². The maximum atomic E-state index is 13.3. The van der Waals surface area contributed by atoms with Gasteiger partial charge in [-0.05, 0) is 89.9 Å². The summed E-state index contributed by atoms with van der Waals surface area (Å²) in [5.41, 5.74) is 4.21. The molecule has 188 valence electrons. The highest BCUT2D eigenvalue weighted by Gasteiger charge is 2.28. The first-order chi connectivity index (χ1) is 16.7. The van der Waals surface area contributed by atoms with E-state index in [0.717, 1.165) is 49.0 Å². The molecule has 0 saturated heterocycles. The molecule has 2 N–H and O–H groups in total. The molecular weight excluding hydrogens is 464 g/mol. The Balaban J connectivity index is 1.55. The summed E-state index contributed by atoms with van der Waals surface area (Å²) in [6, 6.07) is 6.58. The van der Waals surface area contributed by atoms with Gasteiger partial charge in [-0.3, -0.25) is 14.7 Å². The molecule has 0 unspecified atom stereocenters. The molecule has 1 fully saturated rings. The van der Waals surface area contributed by atoms with Crippen LogP contribution >= 0.6 is 11.6 Å². The van der Waals surface area contributed by atoms with Gasteiger partial charge in [-0.15, -0.1) is 0 Å². The number of nitrogens with one attached hydrogen (secondary N) is 2. The lowest BCUT2D eigenvalue weighted by Crippen LogP contribution is -2.42. The van der Waals surface area contributed by atoms with Crippen molar-refractivity contribution in [2.24, 2.45) is 0 Å². The Morgan fingerprint density at radius 2 is 1.86 bits per heavy atom. The number of amides is 1. The highest BCUT2D eigenvalue weighted by molar-refractivity contribution is 6.31. The Morgan fingerprint density at radius 1 is 1.17 bits per heavy atom. The van der Waals surface area contributed by atoms with Gasteiger partial charge in [-0.2, -0.15) is 5.10 Å². The van der Waals surface area contributed by atoms with Crippen molar-refractivity contribution in [2.45, 2.75) is 65.1 Å². The number of H-pyrrole nitrogens is 1. The van der Waals surface area contributed by atoms with Crippen LogP contribution in [-0.4, -0.2) is 58.1 Å². The van der Waals surface area contributed by atoms with Gasteiger partial charge in [0, 0.05) is 47.0 Å². The summed E-state index contributed by atoms with van der Waals surface area (Å²) in [6.07, 6.45) is 6.00. The molecule has 1 aliphatic carbocycles. The Kier molecular flexibility index (Phi) is 7.52. The molecule has 2 aromatic heterocycles. The van der Waals surface area contributed by atoms with Crippen LogP contribution in [-0.2, 0) is 6.54 Å². The van der Waals surface area contributed by atoms with Crippen molar-refractivity contribution in [1.82, 2.24) is 24.8 Å². The van der Waals surface area contributed by atoms with E-state index < -0.39 is 0 Å². The molecular formula is C26H35ClN6O2. The minimum Gasteiger partial charge on any atom is -0.369 e. The average molecular weight is 499 g/mol. The Hall–Kier alpha value is -2.84. The van der Waals surface area contributed by atoms with Crippen molar-refractivity contribution in [3.05, 3.63) is 62.2 Å². The van der Waals surface area contributed by atoms with E-state index in [1.54, 1.807) is 6.07 Å². The minimum absolute atomic E-state index is 0.130. The number of hydrogen-bond donors (Lipinski definition) is 2. The van der Waals surface area contributed by atoms with Gasteiger partial charge in [0.05, 0.1) is 0 Å². The van der Waals surface area contributed by atoms with Crippen molar-refractivity contribution < 1.29 is 4.79 Å². The summed E-state index contributed by atoms with van der Waals surface area (Å²) in [5, 5.41) is 10.2. The first kappa shape index (κ1) is 25.3. The second kappa shape index (κ2) is 10.4. The zero-order valence-electron chi connectivity index (χ0n) is 21.2. The van der Waals surface area contributed by atoms with Gasteiger partial charge in [-0.25, -0.2) is 4.40 Å². The predicted molar refractivity (Wildman–Crippen MR) is 141 cm³/mol. The Morgan fingerprint density at radius 3 is 2.51 bits per heavy atom. The molecule has 0 radical (unpaired) electrons. The number of carbonyl (C=O) groups excluding carboxylic acids is 1. The molecule has 1 amide bonds. The molecule has 1 aliphatic rings. The van der Waals surface area contributed by atoms with E-state index in [0.29, 0.717) is 33.9 Å². The zero-order chi connectivity index (χ0) is 25.3. The third-order valence-corrected chi connectivity index (χ3v) is 7.64. The number of aromatic nitrogens is 3. The number of pyridine rings is 1. The van der Waals surface area contributed by atoms with Crippen LogP contribution in [0.1, 0.15) is 59.7 Å². The maximum Gasteiger partial charge on any atom is 0.262 e. The van der Waals surface area contributed by atoms with Crippen molar-refractivity contribution in [2.75, 3.05) is 25.5 Å². The lowest BCUT2D eigenvalue weighted by atomic mass is 9.89. The standard InChI is InChI=1S/C26H35ClN6O2/c1-6-32(20-9-7-19(8-10-20)31(4)5)23-13-18(27)12-21(17(23)3)25(34)28-14-22-16(2)11-24-30-29-15-33(24)26(22)35/h11-13,15,19-20,30H,6-10,14H2,1-5H3,(H,28,34). The van der Waals surface area contributed by atoms with Crippen molar-refractivity contribution in [3.8, 4) is 0 Å². The summed E-state index contributed by atoms with van der Waals surface area (Å²) in [5.74, 6) is -0.241. The summed E-state index contributed by atoms with van der Waals surface area (Å²) in [4.78, 5) is 30.8. The molecule has 9 heteroatoms. The molecule has 4 rings (SSSR count). The number of aryl methyl sites for hydroxylation is 1. The molecule has 0 aliphatic heterocycles. The largest absolute Gasteiger partial charge is 0.369 e. The van der Waals surface area contributed by atoms with Crippen molar-refractivity contribution >= 4 is 28.8 Å². The van der Waals surface area contributed by atoms with Gasteiger partial charge in [0.25, 0.3) is 11.5 Å². The van der Waals surface area contributed by atoms with Gasteiger partial charge in [0.1, 0.15) is 12.0 Å². The number of carbonyl (C=O) groups is 1. The van der Waals surface area contributed by atoms with Crippen LogP contribution in [0.15, 0.2) is 29.3 Å². The van der Waals surface area contributed by atoms with E-state index in [2.05, 4.69) is 46.3 Å². The second-order valence-corrected chi connectivity index (χ2v) is 10.2. The van der Waals surface area contributed by atoms with Crippen LogP contribution in [0.4, 0.5) is 5.69 Å². The smallest absolute Gasteiger partial charge is 0.262 e. The summed E-state index contributed by atoms with van der Waals surface area (Å²) < 4.78 is 1.45. The number of hydrogen-bond acceptors (Lipinski definition) is 5. The van der Waals surface area contributed by atoms with Crippen molar-refractivity contribution in [1.29, 1.82) is 0 Å². The maximum absolute atomic E-state index is 13.3. The van der Waals surface area contributed by atoms with E-state index in [1.807, 2.05) is 26.0 Å². The number of nitrogens with zero attached hydrogens (tertiary/aromatic N) is 4. The van der Waals surface area contributed by atoms with E-state index >= 15 is 0 Å². The normalized spacial score (nSPS) is 18.3. The lowest BCUT2D eigenvalue weighted by Gasteiger charge is -2.40. The van der Waals surface area contributed by atoms with E-state index in [-0.39, 0.29) is 18.0 Å². The van der Waals surface area contributed by atoms with Gasteiger partial charge in [-0.1, -0.05) is 11.6 Å². The highest BCUT2D eigenvalue weighted by Crippen LogP contribution is 2.34. The average Bonchev–Trinajstić information content (AvgIpc) is 3.30. The fourth-order valence-electron chi connectivity index (χ4n) is 5.33. The van der Waals surface area contributed by atoms with Crippen LogP contribution in [0.2, 0.25) is 5.02 Å². The number of fused-ring (bicyclic) bond motifs is 1. The Bertz CT molecular complexity index is 1270. The van der Waals surface area contributed by atoms with E-state index in [1.165, 1.54) is 10.7 Å². The first-order valence-corrected chi connectivity index (χ1v) is 12.6. The third kappa shape index (κ3) is 5.09. The molecule has 35 heavy (non-hydrogen) atoms. The van der Waals surface area contributed by atoms with Crippen LogP contribution in [0.5, 0.6) is 0 Å². The summed E-state index contributed by atoms with van der Waals surface area (Å²) in [6.45, 7) is 6.97. The van der Waals surface area contributed by atoms with Gasteiger partial charge >= 0.3 is 0 Å². The van der Waals surface area contributed by atoms with E-state index in [4.69, 9.17) is 11.6 Å². The Labute approximate surface area is 211 Å². The minimum atomic E-state index is -0.241. The van der Waals surface area contributed by atoms with Gasteiger partial charge in [0.15, 0.2) is 0 Å². The molecule has 8 nitrogen and oxygen atoms in total. The molecule has 1 aromatic carbocycles. The highest BCUT2D eigenvalue weighted by atomic mass is 35.5. The molecule has 3 aromatic rings. The van der Waals surface area contributed by atoms with Gasteiger partial charge < -0.3 is 15.1 Å². The van der Waals surface area contributed by atoms with Crippen LogP contribution in [0.3, 0.4) is 0 Å². The number of aromatic amines is 1.